The average molecular weight is 594 g/mol. The summed E-state index contributed by atoms with van der Waals surface area (Å²) in [6, 6.07) is 6.10. The Kier molecular flexibility index (Phi) is 9.15. The molecule has 2 aromatic rings. The molecule has 5 unspecified atom stereocenters. The van der Waals surface area contributed by atoms with Gasteiger partial charge in [-0.15, -0.1) is 11.3 Å². The maximum absolute atomic E-state index is 14.0. The lowest BCUT2D eigenvalue weighted by molar-refractivity contribution is -0.139. The van der Waals surface area contributed by atoms with E-state index in [1.165, 1.54) is 0 Å². The first-order valence-corrected chi connectivity index (χ1v) is 15.8. The zero-order valence-corrected chi connectivity index (χ0v) is 26.4. The number of piperazine rings is 1. The van der Waals surface area contributed by atoms with E-state index in [1.807, 2.05) is 45.9 Å². The number of thiazole rings is 1. The van der Waals surface area contributed by atoms with E-state index in [0.29, 0.717) is 18.5 Å². The van der Waals surface area contributed by atoms with Gasteiger partial charge in [0, 0.05) is 54.6 Å². The molecular weight excluding hydrogens is 550 g/mol. The summed E-state index contributed by atoms with van der Waals surface area (Å²) in [5.74, 6) is -0.729. The van der Waals surface area contributed by atoms with Crippen molar-refractivity contribution in [1.29, 1.82) is 0 Å². The van der Waals surface area contributed by atoms with Gasteiger partial charge in [-0.3, -0.25) is 14.4 Å². The van der Waals surface area contributed by atoms with E-state index in [0.717, 1.165) is 53.0 Å². The van der Waals surface area contributed by atoms with Crippen molar-refractivity contribution in [2.24, 2.45) is 11.8 Å². The molecule has 0 spiro atoms. The number of hydrogen-bond donors (Lipinski definition) is 1. The highest BCUT2D eigenvalue weighted by Crippen LogP contribution is 2.37. The number of anilines is 1. The van der Waals surface area contributed by atoms with E-state index in [4.69, 9.17) is 9.72 Å². The molecule has 9 nitrogen and oxygen atoms in total. The lowest BCUT2D eigenvalue weighted by atomic mass is 9.94. The predicted molar refractivity (Wildman–Crippen MR) is 166 cm³/mol. The van der Waals surface area contributed by atoms with E-state index < -0.39 is 12.1 Å². The van der Waals surface area contributed by atoms with Crippen LogP contribution in [0.5, 0.6) is 0 Å². The normalized spacial score (nSPS) is 24.6. The van der Waals surface area contributed by atoms with Crippen molar-refractivity contribution in [3.8, 4) is 11.3 Å². The first-order valence-electron chi connectivity index (χ1n) is 15.0. The van der Waals surface area contributed by atoms with E-state index in [9.17, 15) is 14.4 Å². The number of likely N-dealkylation sites (tertiary alicyclic amines) is 1. The molecule has 3 fully saturated rings. The van der Waals surface area contributed by atoms with Crippen LogP contribution in [0.25, 0.3) is 11.3 Å². The van der Waals surface area contributed by atoms with Crippen LogP contribution in [0.15, 0.2) is 35.9 Å². The third kappa shape index (κ3) is 5.89. The van der Waals surface area contributed by atoms with Gasteiger partial charge in [0.25, 0.3) is 5.91 Å². The van der Waals surface area contributed by atoms with Crippen molar-refractivity contribution in [1.82, 2.24) is 20.1 Å². The Morgan fingerprint density at radius 2 is 1.88 bits per heavy atom. The Hall–Kier alpha value is -3.08. The quantitative estimate of drug-likeness (QED) is 0.466. The minimum Gasteiger partial charge on any atom is -0.367 e. The van der Waals surface area contributed by atoms with E-state index in [-0.39, 0.29) is 42.1 Å². The van der Waals surface area contributed by atoms with Crippen LogP contribution < -0.4 is 10.2 Å². The van der Waals surface area contributed by atoms with Gasteiger partial charge < -0.3 is 24.8 Å². The second-order valence-electron chi connectivity index (χ2n) is 11.9. The number of nitrogens with one attached hydrogen (secondary N) is 1. The van der Waals surface area contributed by atoms with Gasteiger partial charge in [0.1, 0.15) is 18.7 Å². The van der Waals surface area contributed by atoms with E-state index in [1.54, 1.807) is 28.4 Å². The lowest BCUT2D eigenvalue weighted by Gasteiger charge is -2.32. The van der Waals surface area contributed by atoms with Crippen molar-refractivity contribution < 1.29 is 19.1 Å². The number of ether oxygens (including phenoxy) is 1. The van der Waals surface area contributed by atoms with Gasteiger partial charge in [-0.25, -0.2) is 4.98 Å². The Morgan fingerprint density at radius 1 is 1.19 bits per heavy atom. The molecule has 0 saturated carbocycles. The number of nitrogens with zero attached hydrogens (tertiary/aromatic N) is 4. The van der Waals surface area contributed by atoms with Crippen molar-refractivity contribution in [3.63, 3.8) is 0 Å². The zero-order valence-electron chi connectivity index (χ0n) is 25.6. The molecule has 4 heterocycles. The van der Waals surface area contributed by atoms with Gasteiger partial charge in [0.2, 0.25) is 5.91 Å². The fourth-order valence-electron chi connectivity index (χ4n) is 6.15. The van der Waals surface area contributed by atoms with Crippen LogP contribution in [0.4, 0.5) is 5.13 Å². The van der Waals surface area contributed by atoms with E-state index in [2.05, 4.69) is 29.1 Å². The van der Waals surface area contributed by atoms with Crippen LogP contribution in [0.3, 0.4) is 0 Å². The van der Waals surface area contributed by atoms with Crippen LogP contribution >= 0.6 is 11.3 Å². The van der Waals surface area contributed by atoms with Gasteiger partial charge in [0.15, 0.2) is 10.9 Å². The second kappa shape index (κ2) is 12.7. The molecule has 3 aliphatic heterocycles. The molecule has 2 amide bonds. The van der Waals surface area contributed by atoms with Gasteiger partial charge in [-0.05, 0) is 45.9 Å². The molecule has 3 aliphatic rings. The molecule has 42 heavy (non-hydrogen) atoms. The molecule has 0 aliphatic carbocycles. The number of carbonyl (C=O) groups is 3. The first kappa shape index (κ1) is 30.4. The van der Waals surface area contributed by atoms with Gasteiger partial charge >= 0.3 is 0 Å². The van der Waals surface area contributed by atoms with Crippen molar-refractivity contribution >= 4 is 34.1 Å². The molecule has 10 heteroatoms. The maximum Gasteiger partial charge on any atom is 0.251 e. The first-order chi connectivity index (χ1) is 20.1. The van der Waals surface area contributed by atoms with Crippen LogP contribution in [-0.4, -0.2) is 96.9 Å². The topological polar surface area (TPSA) is 95.1 Å². The monoisotopic (exact) mass is 593 g/mol. The van der Waals surface area contributed by atoms with Crippen LogP contribution in [0.2, 0.25) is 0 Å². The Morgan fingerprint density at radius 3 is 2.52 bits per heavy atom. The molecular formula is C32H43N5O4S. The Bertz CT molecular complexity index is 1350. The van der Waals surface area contributed by atoms with Crippen LogP contribution in [-0.2, 0) is 14.3 Å². The minimum atomic E-state index is -0.743. The van der Waals surface area contributed by atoms with Crippen molar-refractivity contribution in [3.05, 3.63) is 46.4 Å². The van der Waals surface area contributed by atoms with Crippen molar-refractivity contribution in [2.45, 2.75) is 59.2 Å². The number of amides is 2. The highest BCUT2D eigenvalue weighted by molar-refractivity contribution is 7.16. The zero-order chi connectivity index (χ0) is 30.1. The molecule has 1 N–H and O–H groups in total. The summed E-state index contributed by atoms with van der Waals surface area (Å²) >= 11 is 1.71. The summed E-state index contributed by atoms with van der Waals surface area (Å²) in [5.41, 5.74) is 3.48. The molecule has 0 radical (unpaired) electrons. The summed E-state index contributed by atoms with van der Waals surface area (Å²) in [4.78, 5) is 52.6. The smallest absolute Gasteiger partial charge is 0.251 e. The standard InChI is InChI=1S/C32H43N5O4S/c1-7-19(3)24-17-37(28-25(38)18-41-29(24)28)31(40)26(20(4)8-2)33-30(39)23-11-9-22(10-12-23)27-21(5)42-32(34-27)36-15-13-35(6)14-16-36/h7,9-12,20,24,26,28-29H,8,13-18H2,1-6H3,(H,33,39). The number of benzene rings is 1. The molecule has 0 bridgehead atoms. The minimum absolute atomic E-state index is 0.0225. The van der Waals surface area contributed by atoms with E-state index >= 15 is 0 Å². The average Bonchev–Trinajstić information content (AvgIpc) is 3.70. The third-order valence-electron chi connectivity index (χ3n) is 9.25. The third-order valence-corrected chi connectivity index (χ3v) is 10.3. The number of rotatable bonds is 8. The summed E-state index contributed by atoms with van der Waals surface area (Å²) in [6.45, 7) is 14.4. The van der Waals surface area contributed by atoms with Gasteiger partial charge in [-0.1, -0.05) is 44.1 Å². The predicted octanol–water partition coefficient (Wildman–Crippen LogP) is 3.78. The van der Waals surface area contributed by atoms with Gasteiger partial charge in [0.05, 0.1) is 11.8 Å². The number of Topliss-reactive ketones (excluding diaryl/α,β-unsaturated/α-hetero) is 1. The molecule has 5 rings (SSSR count). The number of likely N-dealkylation sites (N-methyl/N-ethyl adjacent to an activating group) is 1. The number of fused-ring (bicyclic) bond motifs is 1. The lowest BCUT2D eigenvalue weighted by Crippen LogP contribution is -2.54. The fourth-order valence-corrected chi connectivity index (χ4v) is 7.13. The number of hydrogen-bond acceptors (Lipinski definition) is 8. The van der Waals surface area contributed by atoms with Crippen LogP contribution in [0, 0.1) is 18.8 Å². The summed E-state index contributed by atoms with van der Waals surface area (Å²) in [7, 11) is 2.14. The number of ketones is 1. The maximum atomic E-state index is 14.0. The molecule has 5 atom stereocenters. The number of aryl methyl sites for hydroxylation is 1. The highest BCUT2D eigenvalue weighted by atomic mass is 32.1. The van der Waals surface area contributed by atoms with Crippen molar-refractivity contribution in [2.75, 3.05) is 51.3 Å². The number of aromatic nitrogens is 1. The molecule has 1 aromatic heterocycles. The number of carbonyl (C=O) groups excluding carboxylic acids is 3. The molecule has 226 valence electrons. The summed E-state index contributed by atoms with van der Waals surface area (Å²) < 4.78 is 5.84. The Balaban J connectivity index is 1.31. The summed E-state index contributed by atoms with van der Waals surface area (Å²) in [5, 5.41) is 4.05. The summed E-state index contributed by atoms with van der Waals surface area (Å²) in [6.07, 6.45) is 2.39. The second-order valence-corrected chi connectivity index (χ2v) is 13.1. The number of allylic oxidation sites excluding steroid dienone is 1. The highest BCUT2D eigenvalue weighted by Gasteiger charge is 2.53. The van der Waals surface area contributed by atoms with Crippen LogP contribution in [0.1, 0.15) is 49.4 Å². The largest absolute Gasteiger partial charge is 0.367 e. The molecule has 1 aromatic carbocycles. The SMILES string of the molecule is CC=C(C)C1CN(C(=O)C(NC(=O)c2ccc(-c3nc(N4CCN(C)CC4)sc3C)cc2)C(C)CC)C2C(=O)COC12. The fraction of sp³-hybridized carbons (Fsp3) is 0.562. The van der Waals surface area contributed by atoms with Gasteiger partial charge in [-0.2, -0.15) is 0 Å². The Labute approximate surface area is 252 Å². The molecule has 3 saturated heterocycles.